The number of benzene rings is 2. The Morgan fingerprint density at radius 1 is 1.17 bits per heavy atom. The van der Waals surface area contributed by atoms with Crippen molar-refractivity contribution < 1.29 is 24.0 Å². The molecule has 0 atom stereocenters. The molecule has 0 heterocycles. The molecule has 0 radical (unpaired) electrons. The van der Waals surface area contributed by atoms with E-state index in [1.807, 2.05) is 26.8 Å². The molecule has 154 valence electrons. The maximum absolute atomic E-state index is 12.3. The summed E-state index contributed by atoms with van der Waals surface area (Å²) in [4.78, 5) is 34.8. The first-order valence-electron chi connectivity index (χ1n) is 8.62. The second-order valence-corrected chi connectivity index (χ2v) is 7.64. The second kappa shape index (κ2) is 8.91. The smallest absolute Gasteiger partial charge is 0.345 e. The zero-order valence-corrected chi connectivity index (χ0v) is 17.2. The van der Waals surface area contributed by atoms with Gasteiger partial charge in [0.05, 0.1) is 17.7 Å². The Morgan fingerprint density at radius 3 is 2.45 bits per heavy atom. The van der Waals surface area contributed by atoms with E-state index in [1.54, 1.807) is 12.1 Å². The van der Waals surface area contributed by atoms with Gasteiger partial charge in [-0.05, 0) is 35.2 Å². The van der Waals surface area contributed by atoms with Gasteiger partial charge in [-0.25, -0.2) is 4.79 Å². The first kappa shape index (κ1) is 22.2. The lowest BCUT2D eigenvalue weighted by Crippen LogP contribution is -2.22. The molecule has 0 aliphatic carbocycles. The van der Waals surface area contributed by atoms with E-state index in [2.05, 4.69) is 5.32 Å². The Balaban J connectivity index is 2.12. The molecule has 0 aliphatic heterocycles. The summed E-state index contributed by atoms with van der Waals surface area (Å²) in [6, 6.07) is 8.92. The maximum Gasteiger partial charge on any atom is 0.345 e. The highest BCUT2D eigenvalue weighted by molar-refractivity contribution is 6.31. The van der Waals surface area contributed by atoms with Crippen LogP contribution in [0.3, 0.4) is 0 Å². The molecule has 1 amide bonds. The number of ether oxygens (including phenoxy) is 2. The van der Waals surface area contributed by atoms with Crippen molar-refractivity contribution in [2.45, 2.75) is 26.2 Å². The van der Waals surface area contributed by atoms with Gasteiger partial charge in [-0.1, -0.05) is 38.4 Å². The van der Waals surface area contributed by atoms with E-state index in [-0.39, 0.29) is 16.0 Å². The summed E-state index contributed by atoms with van der Waals surface area (Å²) >= 11 is 5.80. The number of halogens is 1. The van der Waals surface area contributed by atoms with Crippen LogP contribution in [-0.2, 0) is 14.9 Å². The first-order valence-corrected chi connectivity index (χ1v) is 9.00. The summed E-state index contributed by atoms with van der Waals surface area (Å²) in [5, 5.41) is 13.8. The number of nitro benzene ring substituents is 1. The van der Waals surface area contributed by atoms with Gasteiger partial charge in [0.15, 0.2) is 6.61 Å². The van der Waals surface area contributed by atoms with Crippen LogP contribution in [0.5, 0.6) is 5.75 Å². The predicted octanol–water partition coefficient (Wildman–Crippen LogP) is 4.35. The minimum absolute atomic E-state index is 0.135. The van der Waals surface area contributed by atoms with Gasteiger partial charge in [0.2, 0.25) is 0 Å². The summed E-state index contributed by atoms with van der Waals surface area (Å²) in [7, 11) is 1.47. The fourth-order valence-electron chi connectivity index (χ4n) is 2.50. The number of nitrogens with zero attached hydrogens (tertiary/aromatic N) is 1. The van der Waals surface area contributed by atoms with Gasteiger partial charge in [0.25, 0.3) is 11.6 Å². The zero-order valence-electron chi connectivity index (χ0n) is 16.4. The van der Waals surface area contributed by atoms with Crippen LogP contribution in [0.15, 0.2) is 36.4 Å². The van der Waals surface area contributed by atoms with Crippen molar-refractivity contribution >= 4 is 34.9 Å². The molecular weight excluding hydrogens is 400 g/mol. The predicted molar refractivity (Wildman–Crippen MR) is 109 cm³/mol. The largest absolute Gasteiger partial charge is 0.495 e. The molecule has 2 aromatic carbocycles. The van der Waals surface area contributed by atoms with E-state index < -0.39 is 29.1 Å². The first-order chi connectivity index (χ1) is 13.5. The van der Waals surface area contributed by atoms with Gasteiger partial charge in [0.1, 0.15) is 11.3 Å². The van der Waals surface area contributed by atoms with Crippen molar-refractivity contribution in [2.75, 3.05) is 19.0 Å². The molecule has 8 nitrogen and oxygen atoms in total. The lowest BCUT2D eigenvalue weighted by atomic mass is 9.87. The van der Waals surface area contributed by atoms with E-state index in [0.717, 1.165) is 17.7 Å². The van der Waals surface area contributed by atoms with Crippen molar-refractivity contribution in [2.24, 2.45) is 0 Å². The molecule has 2 aromatic rings. The number of hydrogen-bond acceptors (Lipinski definition) is 6. The number of esters is 1. The van der Waals surface area contributed by atoms with Crippen LogP contribution >= 0.6 is 11.6 Å². The van der Waals surface area contributed by atoms with E-state index in [1.165, 1.54) is 13.2 Å². The minimum Gasteiger partial charge on any atom is -0.495 e. The average Bonchev–Trinajstić information content (AvgIpc) is 2.65. The Hall–Kier alpha value is -3.13. The van der Waals surface area contributed by atoms with Crippen molar-refractivity contribution in [3.05, 3.63) is 62.7 Å². The number of carbonyl (C=O) groups is 2. The van der Waals surface area contributed by atoms with Crippen molar-refractivity contribution in [1.29, 1.82) is 0 Å². The summed E-state index contributed by atoms with van der Waals surface area (Å²) in [5.41, 5.74) is 0.459. The molecule has 0 bridgehead atoms. The van der Waals surface area contributed by atoms with Gasteiger partial charge in [-0.2, -0.15) is 0 Å². The number of methoxy groups -OCH3 is 1. The molecule has 0 aromatic heterocycles. The topological polar surface area (TPSA) is 108 Å². The second-order valence-electron chi connectivity index (χ2n) is 7.21. The van der Waals surface area contributed by atoms with Gasteiger partial charge >= 0.3 is 5.97 Å². The molecule has 1 N–H and O–H groups in total. The SMILES string of the molecule is COc1ccc(C(C)(C)C)cc1NC(=O)COC(=O)c1cc(Cl)ccc1[N+](=O)[O-]. The number of hydrogen-bond donors (Lipinski definition) is 1. The van der Waals surface area contributed by atoms with Crippen LogP contribution in [0.2, 0.25) is 5.02 Å². The Morgan fingerprint density at radius 2 is 1.86 bits per heavy atom. The van der Waals surface area contributed by atoms with Crippen molar-refractivity contribution in [3.8, 4) is 5.75 Å². The summed E-state index contributed by atoms with van der Waals surface area (Å²) in [6.45, 7) is 5.45. The number of nitro groups is 1. The van der Waals surface area contributed by atoms with Crippen LogP contribution in [0.1, 0.15) is 36.7 Å². The molecule has 0 saturated carbocycles. The molecule has 0 spiro atoms. The lowest BCUT2D eigenvalue weighted by Gasteiger charge is -2.21. The Labute approximate surface area is 172 Å². The minimum atomic E-state index is -1.02. The van der Waals surface area contributed by atoms with Gasteiger partial charge in [-0.15, -0.1) is 0 Å². The number of anilines is 1. The fraction of sp³-hybridized carbons (Fsp3) is 0.300. The molecule has 2 rings (SSSR count). The van der Waals surface area contributed by atoms with Crippen LogP contribution in [0, 0.1) is 10.1 Å². The molecule has 0 unspecified atom stereocenters. The third-order valence-electron chi connectivity index (χ3n) is 4.05. The van der Waals surface area contributed by atoms with Crippen molar-refractivity contribution in [3.63, 3.8) is 0 Å². The summed E-state index contributed by atoms with van der Waals surface area (Å²) < 4.78 is 10.2. The third-order valence-corrected chi connectivity index (χ3v) is 4.28. The highest BCUT2D eigenvalue weighted by atomic mass is 35.5. The molecular formula is C20H21ClN2O6. The monoisotopic (exact) mass is 420 g/mol. The van der Waals surface area contributed by atoms with E-state index in [9.17, 15) is 19.7 Å². The normalized spacial score (nSPS) is 10.9. The quantitative estimate of drug-likeness (QED) is 0.423. The molecule has 0 aliphatic rings. The van der Waals surface area contributed by atoms with Gasteiger partial charge in [-0.3, -0.25) is 14.9 Å². The lowest BCUT2D eigenvalue weighted by molar-refractivity contribution is -0.385. The van der Waals surface area contributed by atoms with Crippen LogP contribution in [-0.4, -0.2) is 30.5 Å². The van der Waals surface area contributed by atoms with E-state index in [4.69, 9.17) is 21.1 Å². The number of carbonyl (C=O) groups excluding carboxylic acids is 2. The third kappa shape index (κ3) is 5.68. The fourth-order valence-corrected chi connectivity index (χ4v) is 2.67. The van der Waals surface area contributed by atoms with E-state index in [0.29, 0.717) is 11.4 Å². The summed E-state index contributed by atoms with van der Waals surface area (Å²) in [5.74, 6) is -1.19. The molecule has 0 saturated heterocycles. The van der Waals surface area contributed by atoms with Gasteiger partial charge in [0, 0.05) is 11.1 Å². The number of nitrogens with one attached hydrogen (secondary N) is 1. The summed E-state index contributed by atoms with van der Waals surface area (Å²) in [6.07, 6.45) is 0. The Kier molecular flexibility index (Phi) is 6.81. The average molecular weight is 421 g/mol. The number of rotatable bonds is 6. The standard InChI is InChI=1S/C20H21ClN2O6/c1-20(2,3)12-5-8-17(28-4)15(9-12)22-18(24)11-29-19(25)14-10-13(21)6-7-16(14)23(26)27/h5-10H,11H2,1-4H3,(H,22,24). The maximum atomic E-state index is 12.3. The number of amides is 1. The van der Waals surface area contributed by atoms with Crippen LogP contribution in [0.4, 0.5) is 11.4 Å². The van der Waals surface area contributed by atoms with Crippen molar-refractivity contribution in [1.82, 2.24) is 0 Å². The zero-order chi connectivity index (χ0) is 21.8. The van der Waals surface area contributed by atoms with Gasteiger partial charge < -0.3 is 14.8 Å². The Bertz CT molecular complexity index is 952. The highest BCUT2D eigenvalue weighted by Crippen LogP contribution is 2.31. The van der Waals surface area contributed by atoms with E-state index >= 15 is 0 Å². The van der Waals surface area contributed by atoms with Crippen LogP contribution < -0.4 is 10.1 Å². The highest BCUT2D eigenvalue weighted by Gasteiger charge is 2.23. The molecule has 9 heteroatoms. The molecule has 29 heavy (non-hydrogen) atoms. The van der Waals surface area contributed by atoms with Crippen LogP contribution in [0.25, 0.3) is 0 Å². The molecule has 0 fully saturated rings.